The number of ether oxygens (including phenoxy) is 21. The van der Waals surface area contributed by atoms with Crippen molar-refractivity contribution in [3.63, 3.8) is 0 Å². The summed E-state index contributed by atoms with van der Waals surface area (Å²) in [4.78, 5) is 94.5. The Morgan fingerprint density at radius 1 is 0.423 bits per heavy atom. The molecule has 31 heteroatoms. The van der Waals surface area contributed by atoms with E-state index in [0.717, 1.165) is 0 Å². The van der Waals surface area contributed by atoms with Crippen LogP contribution in [0.1, 0.15) is 125 Å². The SMILES string of the molecule is CC(=O)OC[C@H]1O[C@H](O[C@H]2[C@H](C)[C@@H](OC(C)=O)[C@@H](Br)O[C@@H]2COC(C)=O)[C@H](OC(C)=O)[C@@H](C)[C@@H]1C.CCOC1(C)Oc2cccc(O)c2O1.CCOC1(C)Oc2cccc(O[C@@H]3O[C@H](COC(C)=O)[C@@H](O[C@H]4O[C@H](COC(C)=O)[C@@H](C)[C@H](C)[C@H]4OC(C)=O)[C@H](C)[C@H]3OC(C)=O)c2O1. The summed E-state index contributed by atoms with van der Waals surface area (Å²) in [6.07, 6.45) is -11.4. The molecule has 2 aromatic rings. The second-order valence-electron chi connectivity index (χ2n) is 24.3. The van der Waals surface area contributed by atoms with Crippen molar-refractivity contribution in [1.82, 2.24) is 0 Å². The number of benzene rings is 2. The molecule has 0 aromatic heterocycles. The van der Waals surface area contributed by atoms with Crippen LogP contribution in [0.3, 0.4) is 0 Å². The van der Waals surface area contributed by atoms with Gasteiger partial charge in [-0.05, 0) is 49.9 Å². The molecular weight excluding hydrogens is 1350 g/mol. The number of phenols is 1. The van der Waals surface area contributed by atoms with Crippen LogP contribution in [-0.4, -0.2) is 189 Å². The van der Waals surface area contributed by atoms with E-state index in [2.05, 4.69) is 15.9 Å². The van der Waals surface area contributed by atoms with Gasteiger partial charge in [0.05, 0.1) is 37.6 Å². The highest BCUT2D eigenvalue weighted by Gasteiger charge is 2.55. The molecule has 22 atom stereocenters. The van der Waals surface area contributed by atoms with Crippen LogP contribution in [0, 0.1) is 35.5 Å². The zero-order valence-corrected chi connectivity index (χ0v) is 59.5. The van der Waals surface area contributed by atoms with Gasteiger partial charge in [0.15, 0.2) is 53.9 Å². The monoisotopic (exact) mass is 1440 g/mol. The van der Waals surface area contributed by atoms with Gasteiger partial charge in [0.1, 0.15) is 49.8 Å². The average Bonchev–Trinajstić information content (AvgIpc) is 1.78. The van der Waals surface area contributed by atoms with E-state index in [-0.39, 0.29) is 67.3 Å². The molecule has 8 rings (SSSR count). The molecule has 0 spiro atoms. The molecule has 4 saturated heterocycles. The maximum atomic E-state index is 12.4. The third-order valence-corrected chi connectivity index (χ3v) is 17.4. The molecule has 0 bridgehead atoms. The normalized spacial score (nSPS) is 33.7. The fraction of sp³-hybridized carbons (Fsp3) is 0.697. The smallest absolute Gasteiger partial charge is 0.369 e. The minimum absolute atomic E-state index is 0.000630. The van der Waals surface area contributed by atoms with E-state index < -0.39 is 156 Å². The number of carbonyl (C=O) groups excluding carboxylic acids is 8. The third-order valence-electron chi connectivity index (χ3n) is 16.7. The lowest BCUT2D eigenvalue weighted by molar-refractivity contribution is -0.336. The number of esters is 8. The zero-order valence-electron chi connectivity index (χ0n) is 57.9. The Balaban J connectivity index is 0.000000263. The molecule has 4 fully saturated rings. The van der Waals surface area contributed by atoms with E-state index >= 15 is 0 Å². The fourth-order valence-corrected chi connectivity index (χ4v) is 12.5. The lowest BCUT2D eigenvalue weighted by atomic mass is 9.83. The summed E-state index contributed by atoms with van der Waals surface area (Å²) in [5, 5.41) is 8.80. The number of hydrogen-bond acceptors (Lipinski definition) is 30. The van der Waals surface area contributed by atoms with Gasteiger partial charge in [-0.25, -0.2) is 0 Å². The zero-order chi connectivity index (χ0) is 72.0. The minimum Gasteiger partial charge on any atom is -0.504 e. The van der Waals surface area contributed by atoms with Gasteiger partial charge in [0, 0.05) is 92.9 Å². The lowest BCUT2D eigenvalue weighted by Gasteiger charge is -2.48. The van der Waals surface area contributed by atoms with E-state index in [1.807, 2.05) is 41.5 Å². The molecule has 2 aromatic carbocycles. The molecule has 6 heterocycles. The third kappa shape index (κ3) is 21.6. The summed E-state index contributed by atoms with van der Waals surface area (Å²) >= 11 is 3.38. The van der Waals surface area contributed by atoms with Gasteiger partial charge in [0.25, 0.3) is 0 Å². The Morgan fingerprint density at radius 3 is 1.18 bits per heavy atom. The number of fused-ring (bicyclic) bond motifs is 2. The van der Waals surface area contributed by atoms with Crippen molar-refractivity contribution in [2.75, 3.05) is 39.6 Å². The number of hydrogen-bond donors (Lipinski definition) is 1. The van der Waals surface area contributed by atoms with Crippen molar-refractivity contribution in [2.24, 2.45) is 35.5 Å². The summed E-state index contributed by atoms with van der Waals surface area (Å²) in [5.74, 6) is -6.84. The summed E-state index contributed by atoms with van der Waals surface area (Å²) in [5.41, 5.74) is 0. The molecule has 544 valence electrons. The topological polar surface area (TPSA) is 351 Å². The Morgan fingerprint density at radius 2 is 0.773 bits per heavy atom. The molecule has 6 aliphatic heterocycles. The van der Waals surface area contributed by atoms with Crippen molar-refractivity contribution in [1.29, 1.82) is 0 Å². The molecule has 6 aliphatic rings. The van der Waals surface area contributed by atoms with Gasteiger partial charge in [-0.3, -0.25) is 38.4 Å². The summed E-state index contributed by atoms with van der Waals surface area (Å²) in [7, 11) is 0. The van der Waals surface area contributed by atoms with Crippen LogP contribution in [0.25, 0.3) is 0 Å². The summed E-state index contributed by atoms with van der Waals surface area (Å²) in [6.45, 7) is 28.7. The molecule has 97 heavy (non-hydrogen) atoms. The first-order valence-corrected chi connectivity index (χ1v) is 32.9. The molecular formula is C66H93BrO30. The van der Waals surface area contributed by atoms with Crippen molar-refractivity contribution >= 4 is 63.7 Å². The van der Waals surface area contributed by atoms with Gasteiger partial charge < -0.3 is 105 Å². The largest absolute Gasteiger partial charge is 0.504 e. The molecule has 0 amide bonds. The number of rotatable bonds is 22. The van der Waals surface area contributed by atoms with Gasteiger partial charge in [0.2, 0.25) is 17.8 Å². The average molecular weight is 1450 g/mol. The van der Waals surface area contributed by atoms with Crippen LogP contribution in [0.15, 0.2) is 36.4 Å². The highest BCUT2D eigenvalue weighted by molar-refractivity contribution is 9.09. The number of para-hydroxylation sites is 2. The Kier molecular flexibility index (Phi) is 28.8. The van der Waals surface area contributed by atoms with Crippen LogP contribution >= 0.6 is 15.9 Å². The standard InChI is InChI=1S/C33H46O15.C23H35BrO11.C10H12O4/c1-10-40-33(9)47-24-13-11-12-23(30(24)48-33)43-31-29(42-22(8)37)18(4)27(26(45-31)15-39-20(6)35)46-32-28(41-21(7)36)17(3)16(2)25(44-32)14-38-19(5)34;1-10-11(2)21(32-16(7)28)23(34-17(10)8-29-13(4)25)35-19-12(3)20(31-15(6)27)22(24)33-18(19)9-30-14(5)26;1-3-12-10(2)13-8-6-4-5-7(11)9(8)14-10/h11-13,16-18,25-29,31-32H,10,14-15H2,1-9H3;10-12,17-23H,8-9H2,1-7H3;4-6,11H,3H2,1-2H3/t16-,17-,18-,25+,26+,27-,28+,29+,31+,32+,33?;10-,11-,12-,17+,18+,19-,20+,21+,22-,23+;/m00./s1. The van der Waals surface area contributed by atoms with Crippen molar-refractivity contribution < 1.29 is 143 Å². The summed E-state index contributed by atoms with van der Waals surface area (Å²) in [6, 6.07) is 9.96. The van der Waals surface area contributed by atoms with Crippen LogP contribution in [0.2, 0.25) is 0 Å². The van der Waals surface area contributed by atoms with Crippen molar-refractivity contribution in [2.45, 2.75) is 221 Å². The number of aromatic hydroxyl groups is 1. The Labute approximate surface area is 572 Å². The van der Waals surface area contributed by atoms with E-state index in [1.54, 1.807) is 64.1 Å². The predicted molar refractivity (Wildman–Crippen MR) is 335 cm³/mol. The number of phenolic OH excluding ortho intramolecular Hbond substituents is 1. The van der Waals surface area contributed by atoms with E-state index in [4.69, 9.17) is 99.5 Å². The maximum absolute atomic E-state index is 12.4. The predicted octanol–water partition coefficient (Wildman–Crippen LogP) is 7.27. The fourth-order valence-electron chi connectivity index (χ4n) is 11.7. The van der Waals surface area contributed by atoms with Gasteiger partial charge in [-0.2, -0.15) is 0 Å². The molecule has 2 unspecified atom stereocenters. The lowest BCUT2D eigenvalue weighted by Crippen LogP contribution is -2.61. The van der Waals surface area contributed by atoms with Crippen molar-refractivity contribution in [3.8, 4) is 34.5 Å². The van der Waals surface area contributed by atoms with E-state index in [9.17, 15) is 43.5 Å². The summed E-state index contributed by atoms with van der Waals surface area (Å²) < 4.78 is 121. The molecule has 0 saturated carbocycles. The van der Waals surface area contributed by atoms with Gasteiger partial charge in [-0.15, -0.1) is 0 Å². The molecule has 1 N–H and O–H groups in total. The Bertz CT molecular complexity index is 3010. The van der Waals surface area contributed by atoms with Crippen LogP contribution in [0.5, 0.6) is 34.5 Å². The minimum atomic E-state index is -1.39. The van der Waals surface area contributed by atoms with Crippen LogP contribution in [0.4, 0.5) is 0 Å². The second kappa shape index (κ2) is 35.3. The van der Waals surface area contributed by atoms with Gasteiger partial charge in [-0.1, -0.05) is 69.6 Å². The van der Waals surface area contributed by atoms with Gasteiger partial charge >= 0.3 is 59.7 Å². The Hall–Kier alpha value is -6.84. The van der Waals surface area contributed by atoms with Crippen LogP contribution < -0.4 is 23.7 Å². The van der Waals surface area contributed by atoms with E-state index in [1.165, 1.54) is 55.4 Å². The van der Waals surface area contributed by atoms with Crippen LogP contribution in [-0.2, 0) is 114 Å². The highest BCUT2D eigenvalue weighted by atomic mass is 79.9. The second-order valence-corrected chi connectivity index (χ2v) is 25.2. The first kappa shape index (κ1) is 79.1. The number of halogens is 1. The molecule has 0 radical (unpaired) electrons. The first-order chi connectivity index (χ1) is 45.6. The quantitative estimate of drug-likeness (QED) is 0.0688. The highest BCUT2D eigenvalue weighted by Crippen LogP contribution is 2.49. The van der Waals surface area contributed by atoms with Crippen molar-refractivity contribution in [3.05, 3.63) is 36.4 Å². The molecule has 30 nitrogen and oxygen atoms in total. The first-order valence-electron chi connectivity index (χ1n) is 32.0. The maximum Gasteiger partial charge on any atom is 0.369 e. The molecule has 0 aliphatic carbocycles. The number of carbonyl (C=O) groups is 8. The number of alkyl halides is 1. The van der Waals surface area contributed by atoms with E-state index in [0.29, 0.717) is 30.5 Å².